The molecular formula is C9H15ClN4S. The van der Waals surface area contributed by atoms with Crippen molar-refractivity contribution in [2.75, 3.05) is 11.5 Å². The number of alkyl halides is 1. The Bertz CT molecular complexity index is 309. The van der Waals surface area contributed by atoms with Gasteiger partial charge in [0.15, 0.2) is 5.82 Å². The predicted molar refractivity (Wildman–Crippen MR) is 62.1 cm³/mol. The smallest absolute Gasteiger partial charge is 0.168 e. The predicted octanol–water partition coefficient (Wildman–Crippen LogP) is 2.12. The van der Waals surface area contributed by atoms with Crippen molar-refractivity contribution >= 4 is 23.4 Å². The van der Waals surface area contributed by atoms with Crippen LogP contribution < -0.4 is 0 Å². The van der Waals surface area contributed by atoms with Gasteiger partial charge < -0.3 is 0 Å². The summed E-state index contributed by atoms with van der Waals surface area (Å²) in [5.41, 5.74) is 0. The van der Waals surface area contributed by atoms with E-state index in [2.05, 4.69) is 15.5 Å². The molecule has 0 radical (unpaired) electrons. The summed E-state index contributed by atoms with van der Waals surface area (Å²) in [6, 6.07) is 0. The average Bonchev–Trinajstić information content (AvgIpc) is 2.67. The second kappa shape index (κ2) is 5.16. The van der Waals surface area contributed by atoms with Crippen molar-refractivity contribution < 1.29 is 0 Å². The maximum Gasteiger partial charge on any atom is 0.168 e. The van der Waals surface area contributed by atoms with Gasteiger partial charge in [0.2, 0.25) is 0 Å². The molecule has 84 valence electrons. The molecule has 2 atom stereocenters. The summed E-state index contributed by atoms with van der Waals surface area (Å²) in [5, 5.41) is 11.5. The normalized spacial score (nSPS) is 24.0. The van der Waals surface area contributed by atoms with E-state index in [-0.39, 0.29) is 5.38 Å². The van der Waals surface area contributed by atoms with Crippen LogP contribution in [-0.4, -0.2) is 31.7 Å². The second-order valence-electron chi connectivity index (χ2n) is 3.92. The van der Waals surface area contributed by atoms with Gasteiger partial charge in [-0.25, -0.2) is 4.68 Å². The molecular weight excluding hydrogens is 232 g/mol. The molecule has 4 nitrogen and oxygen atoms in total. The monoisotopic (exact) mass is 246 g/mol. The van der Waals surface area contributed by atoms with Gasteiger partial charge in [0.05, 0.1) is 5.38 Å². The molecule has 0 aliphatic carbocycles. The van der Waals surface area contributed by atoms with Crippen LogP contribution >= 0.6 is 23.4 Å². The maximum absolute atomic E-state index is 6.00. The van der Waals surface area contributed by atoms with E-state index in [9.17, 15) is 0 Å². The minimum Gasteiger partial charge on any atom is -0.228 e. The lowest BCUT2D eigenvalue weighted by Crippen LogP contribution is -2.19. The van der Waals surface area contributed by atoms with Gasteiger partial charge >= 0.3 is 0 Å². The molecule has 0 N–H and O–H groups in total. The topological polar surface area (TPSA) is 43.6 Å². The lowest BCUT2D eigenvalue weighted by molar-refractivity contribution is 0.405. The summed E-state index contributed by atoms with van der Waals surface area (Å²) in [4.78, 5) is 0. The number of hydrogen-bond donors (Lipinski definition) is 0. The first-order valence-electron chi connectivity index (χ1n) is 5.25. The van der Waals surface area contributed by atoms with Gasteiger partial charge in [-0.15, -0.1) is 16.7 Å². The lowest BCUT2D eigenvalue weighted by atomic mass is 10.1. The first-order chi connectivity index (χ1) is 7.27. The number of hydrogen-bond acceptors (Lipinski definition) is 4. The molecule has 0 amide bonds. The van der Waals surface area contributed by atoms with Crippen LogP contribution in [-0.2, 0) is 6.54 Å². The molecule has 1 aromatic rings. The Kier molecular flexibility index (Phi) is 3.86. The highest BCUT2D eigenvalue weighted by atomic mass is 35.5. The molecule has 0 aromatic carbocycles. The zero-order valence-electron chi connectivity index (χ0n) is 8.77. The van der Waals surface area contributed by atoms with Crippen LogP contribution in [0.2, 0.25) is 0 Å². The fraction of sp³-hybridized carbons (Fsp3) is 0.889. The van der Waals surface area contributed by atoms with Crippen molar-refractivity contribution in [1.29, 1.82) is 0 Å². The third-order valence-electron chi connectivity index (χ3n) is 2.60. The second-order valence-corrected chi connectivity index (χ2v) is 5.72. The lowest BCUT2D eigenvalue weighted by Gasteiger charge is -2.21. The molecule has 0 saturated carbocycles. The summed E-state index contributed by atoms with van der Waals surface area (Å²) in [5.74, 6) is 3.99. The fourth-order valence-electron chi connectivity index (χ4n) is 1.82. The quantitative estimate of drug-likeness (QED) is 0.767. The van der Waals surface area contributed by atoms with Gasteiger partial charge in [-0.05, 0) is 47.6 Å². The van der Waals surface area contributed by atoms with Crippen LogP contribution in [0.1, 0.15) is 31.0 Å². The molecule has 2 heterocycles. The van der Waals surface area contributed by atoms with Crippen molar-refractivity contribution in [1.82, 2.24) is 20.2 Å². The maximum atomic E-state index is 6.00. The standard InChI is InChI=1S/C9H15ClN4S/c1-7(10)9-11-12-13-14(9)5-8-3-2-4-15-6-8/h7-8H,2-6H2,1H3. The van der Waals surface area contributed by atoms with Crippen LogP contribution in [0, 0.1) is 5.92 Å². The van der Waals surface area contributed by atoms with Crippen LogP contribution in [0.3, 0.4) is 0 Å². The highest BCUT2D eigenvalue weighted by molar-refractivity contribution is 7.99. The minimum absolute atomic E-state index is 0.115. The minimum atomic E-state index is -0.115. The van der Waals surface area contributed by atoms with E-state index in [0.29, 0.717) is 5.92 Å². The van der Waals surface area contributed by atoms with E-state index < -0.39 is 0 Å². The van der Waals surface area contributed by atoms with E-state index in [0.717, 1.165) is 12.4 Å². The van der Waals surface area contributed by atoms with Crippen molar-refractivity contribution in [3.8, 4) is 0 Å². The Morgan fingerprint density at radius 1 is 1.67 bits per heavy atom. The summed E-state index contributed by atoms with van der Waals surface area (Å²) in [6.45, 7) is 2.81. The third-order valence-corrected chi connectivity index (χ3v) is 4.08. The summed E-state index contributed by atoms with van der Waals surface area (Å²) >= 11 is 8.02. The number of rotatable bonds is 3. The zero-order valence-corrected chi connectivity index (χ0v) is 10.3. The zero-order chi connectivity index (χ0) is 10.7. The SMILES string of the molecule is CC(Cl)c1nnnn1CC1CCCSC1. The Labute approximate surface area is 98.8 Å². The number of aromatic nitrogens is 4. The molecule has 1 aliphatic rings. The summed E-state index contributed by atoms with van der Waals surface area (Å²) < 4.78 is 1.86. The van der Waals surface area contributed by atoms with E-state index in [1.807, 2.05) is 23.4 Å². The van der Waals surface area contributed by atoms with E-state index in [1.54, 1.807) is 0 Å². The molecule has 0 spiro atoms. The van der Waals surface area contributed by atoms with Gasteiger partial charge in [-0.3, -0.25) is 0 Å². The van der Waals surface area contributed by atoms with Gasteiger partial charge in [0.25, 0.3) is 0 Å². The van der Waals surface area contributed by atoms with Crippen molar-refractivity contribution in [2.45, 2.75) is 31.7 Å². The van der Waals surface area contributed by atoms with Crippen LogP contribution in [0.15, 0.2) is 0 Å². The summed E-state index contributed by atoms with van der Waals surface area (Å²) in [7, 11) is 0. The third kappa shape index (κ3) is 2.84. The number of nitrogens with zero attached hydrogens (tertiary/aromatic N) is 4. The van der Waals surface area contributed by atoms with Crippen molar-refractivity contribution in [3.63, 3.8) is 0 Å². The Morgan fingerprint density at radius 3 is 3.20 bits per heavy atom. The highest BCUT2D eigenvalue weighted by Gasteiger charge is 2.18. The summed E-state index contributed by atoms with van der Waals surface area (Å²) in [6.07, 6.45) is 2.59. The first-order valence-corrected chi connectivity index (χ1v) is 6.84. The van der Waals surface area contributed by atoms with E-state index in [4.69, 9.17) is 11.6 Å². The Balaban J connectivity index is 1.99. The van der Waals surface area contributed by atoms with Crippen molar-refractivity contribution in [2.24, 2.45) is 5.92 Å². The van der Waals surface area contributed by atoms with Crippen molar-refractivity contribution in [3.05, 3.63) is 5.82 Å². The molecule has 2 unspecified atom stereocenters. The van der Waals surface area contributed by atoms with Gasteiger partial charge in [-0.2, -0.15) is 11.8 Å². The van der Waals surface area contributed by atoms with Gasteiger partial charge in [0, 0.05) is 6.54 Å². The molecule has 1 aliphatic heterocycles. The average molecular weight is 247 g/mol. The Hall–Kier alpha value is -0.290. The van der Waals surface area contributed by atoms with Gasteiger partial charge in [-0.1, -0.05) is 0 Å². The van der Waals surface area contributed by atoms with E-state index in [1.165, 1.54) is 24.3 Å². The van der Waals surface area contributed by atoms with Crippen LogP contribution in [0.25, 0.3) is 0 Å². The molecule has 6 heteroatoms. The van der Waals surface area contributed by atoms with Crippen LogP contribution in [0.4, 0.5) is 0 Å². The molecule has 2 rings (SSSR count). The Morgan fingerprint density at radius 2 is 2.53 bits per heavy atom. The number of thioether (sulfide) groups is 1. The van der Waals surface area contributed by atoms with E-state index >= 15 is 0 Å². The number of halogens is 1. The number of tetrazole rings is 1. The molecule has 1 aromatic heterocycles. The fourth-order valence-corrected chi connectivity index (χ4v) is 3.12. The molecule has 1 fully saturated rings. The van der Waals surface area contributed by atoms with Gasteiger partial charge in [0.1, 0.15) is 0 Å². The molecule has 15 heavy (non-hydrogen) atoms. The largest absolute Gasteiger partial charge is 0.228 e. The van der Waals surface area contributed by atoms with Crippen LogP contribution in [0.5, 0.6) is 0 Å². The first kappa shape index (κ1) is 11.2. The molecule has 1 saturated heterocycles. The molecule has 0 bridgehead atoms. The highest BCUT2D eigenvalue weighted by Crippen LogP contribution is 2.25.